The molecule has 1 aromatic rings. The van der Waals surface area contributed by atoms with Crippen molar-refractivity contribution in [3.8, 4) is 0 Å². The van der Waals surface area contributed by atoms with Gasteiger partial charge in [-0.25, -0.2) is 4.98 Å². The van der Waals surface area contributed by atoms with Gasteiger partial charge >= 0.3 is 0 Å². The van der Waals surface area contributed by atoms with Gasteiger partial charge in [-0.3, -0.25) is 0 Å². The Bertz CT molecular complexity index is 349. The maximum Gasteiger partial charge on any atom is 0.186 e. The van der Waals surface area contributed by atoms with Crippen LogP contribution >= 0.6 is 11.3 Å². The molecular weight excluding hydrogens is 232 g/mol. The highest BCUT2D eigenvalue weighted by atomic mass is 32.1. The number of aliphatic hydroxyl groups is 1. The molecule has 3 nitrogen and oxygen atoms in total. The van der Waals surface area contributed by atoms with Crippen LogP contribution in [0, 0.1) is 0 Å². The third kappa shape index (κ3) is 3.19. The molecule has 0 saturated heterocycles. The van der Waals surface area contributed by atoms with E-state index in [1.165, 1.54) is 0 Å². The van der Waals surface area contributed by atoms with E-state index in [1.54, 1.807) is 11.3 Å². The third-order valence-corrected chi connectivity index (χ3v) is 4.21. The van der Waals surface area contributed by atoms with Crippen molar-refractivity contribution in [2.45, 2.75) is 59.6 Å². The van der Waals surface area contributed by atoms with Crippen LogP contribution in [0.3, 0.4) is 0 Å². The van der Waals surface area contributed by atoms with Gasteiger partial charge in [0.1, 0.15) is 0 Å². The van der Waals surface area contributed by atoms with Gasteiger partial charge in [0.05, 0.1) is 17.2 Å². The Morgan fingerprint density at radius 2 is 1.94 bits per heavy atom. The number of hydrogen-bond donors (Lipinski definition) is 1. The fourth-order valence-corrected chi connectivity index (χ4v) is 3.13. The van der Waals surface area contributed by atoms with E-state index in [4.69, 9.17) is 4.98 Å². The van der Waals surface area contributed by atoms with E-state index in [2.05, 4.69) is 39.5 Å². The van der Waals surface area contributed by atoms with Crippen LogP contribution in [0.4, 0.5) is 5.13 Å². The van der Waals surface area contributed by atoms with E-state index in [0.717, 1.165) is 28.7 Å². The van der Waals surface area contributed by atoms with E-state index >= 15 is 0 Å². The number of aliphatic hydroxyl groups excluding tert-OH is 1. The first-order chi connectivity index (χ1) is 8.04. The molecule has 0 amide bonds. The number of anilines is 1. The monoisotopic (exact) mass is 256 g/mol. The number of aromatic nitrogens is 1. The number of hydrogen-bond acceptors (Lipinski definition) is 4. The summed E-state index contributed by atoms with van der Waals surface area (Å²) in [7, 11) is 0. The highest BCUT2D eigenvalue weighted by Crippen LogP contribution is 2.31. The lowest BCUT2D eigenvalue weighted by Crippen LogP contribution is -2.32. The summed E-state index contributed by atoms with van der Waals surface area (Å²) >= 11 is 1.63. The summed E-state index contributed by atoms with van der Waals surface area (Å²) in [5.41, 5.74) is 1.05. The van der Waals surface area contributed by atoms with Gasteiger partial charge in [0, 0.05) is 12.6 Å². The lowest BCUT2D eigenvalue weighted by molar-refractivity contribution is 0.283. The van der Waals surface area contributed by atoms with Gasteiger partial charge in [-0.05, 0) is 26.2 Å². The average molecular weight is 256 g/mol. The van der Waals surface area contributed by atoms with E-state index < -0.39 is 0 Å². The summed E-state index contributed by atoms with van der Waals surface area (Å²) in [6, 6.07) is 0.498. The number of rotatable bonds is 6. The van der Waals surface area contributed by atoms with Crippen LogP contribution in [0.25, 0.3) is 0 Å². The summed E-state index contributed by atoms with van der Waals surface area (Å²) in [5.74, 6) is 0.373. The normalized spacial score (nSPS) is 13.1. The molecule has 0 aliphatic heterocycles. The van der Waals surface area contributed by atoms with E-state index in [-0.39, 0.29) is 6.61 Å². The standard InChI is InChI=1S/C13H24N2OS/c1-6-10(5)15(7-2)13-14-12(9(3)4)11(8-16)17-13/h9-10,16H,6-8H2,1-5H3. The molecule has 1 heterocycles. The van der Waals surface area contributed by atoms with E-state index in [0.29, 0.717) is 12.0 Å². The molecule has 1 N–H and O–H groups in total. The van der Waals surface area contributed by atoms with Crippen molar-refractivity contribution < 1.29 is 5.11 Å². The largest absolute Gasteiger partial charge is 0.391 e. The average Bonchev–Trinajstić information content (AvgIpc) is 2.73. The Hall–Kier alpha value is -0.610. The molecule has 1 aromatic heterocycles. The molecule has 0 bridgehead atoms. The lowest BCUT2D eigenvalue weighted by Gasteiger charge is -2.26. The SMILES string of the molecule is CCC(C)N(CC)c1nc(C(C)C)c(CO)s1. The first kappa shape index (κ1) is 14.5. The topological polar surface area (TPSA) is 36.4 Å². The van der Waals surface area contributed by atoms with Crippen LogP contribution in [-0.2, 0) is 6.61 Å². The molecule has 98 valence electrons. The Labute approximate surface area is 108 Å². The molecule has 0 fully saturated rings. The first-order valence-electron chi connectivity index (χ1n) is 6.42. The fourth-order valence-electron chi connectivity index (χ4n) is 1.89. The second-order valence-corrected chi connectivity index (χ2v) is 5.72. The summed E-state index contributed by atoms with van der Waals surface area (Å²) in [5, 5.41) is 10.4. The van der Waals surface area contributed by atoms with Crippen molar-refractivity contribution in [1.29, 1.82) is 0 Å². The fraction of sp³-hybridized carbons (Fsp3) is 0.769. The zero-order valence-corrected chi connectivity index (χ0v) is 12.3. The van der Waals surface area contributed by atoms with Gasteiger partial charge in [-0.15, -0.1) is 0 Å². The van der Waals surface area contributed by atoms with Crippen molar-refractivity contribution in [3.63, 3.8) is 0 Å². The molecule has 0 aliphatic carbocycles. The van der Waals surface area contributed by atoms with Crippen molar-refractivity contribution in [2.75, 3.05) is 11.4 Å². The van der Waals surface area contributed by atoms with Crippen LogP contribution in [0.15, 0.2) is 0 Å². The molecule has 0 spiro atoms. The minimum atomic E-state index is 0.100. The Morgan fingerprint density at radius 1 is 1.29 bits per heavy atom. The van der Waals surface area contributed by atoms with Crippen molar-refractivity contribution in [1.82, 2.24) is 4.98 Å². The highest BCUT2D eigenvalue weighted by molar-refractivity contribution is 7.15. The molecule has 0 aliphatic rings. The van der Waals surface area contributed by atoms with Crippen LogP contribution in [0.5, 0.6) is 0 Å². The van der Waals surface area contributed by atoms with Crippen molar-refractivity contribution >= 4 is 16.5 Å². The summed E-state index contributed by atoms with van der Waals surface area (Å²) in [4.78, 5) is 8.03. The van der Waals surface area contributed by atoms with Gasteiger partial charge in [-0.2, -0.15) is 0 Å². The molecule has 1 rings (SSSR count). The maximum atomic E-state index is 9.38. The molecule has 0 radical (unpaired) electrons. The highest BCUT2D eigenvalue weighted by Gasteiger charge is 2.19. The first-order valence-corrected chi connectivity index (χ1v) is 7.23. The molecule has 17 heavy (non-hydrogen) atoms. The second kappa shape index (κ2) is 6.36. The van der Waals surface area contributed by atoms with Crippen molar-refractivity contribution in [3.05, 3.63) is 10.6 Å². The van der Waals surface area contributed by atoms with Gasteiger partial charge in [-0.1, -0.05) is 32.1 Å². The number of nitrogens with zero attached hydrogens (tertiary/aromatic N) is 2. The van der Waals surface area contributed by atoms with Gasteiger partial charge in [0.2, 0.25) is 0 Å². The Kier molecular flexibility index (Phi) is 5.40. The quantitative estimate of drug-likeness (QED) is 0.847. The smallest absolute Gasteiger partial charge is 0.186 e. The number of thiazole rings is 1. The summed E-state index contributed by atoms with van der Waals surface area (Å²) in [6.07, 6.45) is 1.11. The van der Waals surface area contributed by atoms with Gasteiger partial charge in [0.25, 0.3) is 0 Å². The van der Waals surface area contributed by atoms with E-state index in [1.807, 2.05) is 0 Å². The van der Waals surface area contributed by atoms with Crippen LogP contribution in [0.1, 0.15) is 57.5 Å². The minimum Gasteiger partial charge on any atom is -0.391 e. The minimum absolute atomic E-state index is 0.100. The maximum absolute atomic E-state index is 9.38. The van der Waals surface area contributed by atoms with Crippen LogP contribution < -0.4 is 4.90 Å². The Balaban J connectivity index is 3.04. The molecule has 4 heteroatoms. The van der Waals surface area contributed by atoms with Crippen molar-refractivity contribution in [2.24, 2.45) is 0 Å². The molecule has 1 atom stereocenters. The molecule has 1 unspecified atom stereocenters. The zero-order valence-electron chi connectivity index (χ0n) is 11.5. The molecular formula is C13H24N2OS. The predicted molar refractivity (Wildman–Crippen MR) is 74.9 cm³/mol. The van der Waals surface area contributed by atoms with Crippen LogP contribution in [0.2, 0.25) is 0 Å². The Morgan fingerprint density at radius 3 is 2.29 bits per heavy atom. The third-order valence-electron chi connectivity index (χ3n) is 3.12. The summed E-state index contributed by atoms with van der Waals surface area (Å²) in [6.45, 7) is 11.9. The molecule has 0 saturated carbocycles. The second-order valence-electron chi connectivity index (χ2n) is 4.66. The van der Waals surface area contributed by atoms with Crippen LogP contribution in [-0.4, -0.2) is 22.7 Å². The van der Waals surface area contributed by atoms with E-state index in [9.17, 15) is 5.11 Å². The zero-order chi connectivity index (χ0) is 13.0. The molecule has 0 aromatic carbocycles. The lowest BCUT2D eigenvalue weighted by atomic mass is 10.1. The summed E-state index contributed by atoms with van der Waals surface area (Å²) < 4.78 is 0. The van der Waals surface area contributed by atoms with Gasteiger partial charge < -0.3 is 10.0 Å². The van der Waals surface area contributed by atoms with Gasteiger partial charge in [0.15, 0.2) is 5.13 Å². The predicted octanol–water partition coefficient (Wildman–Crippen LogP) is 3.38.